The van der Waals surface area contributed by atoms with Gasteiger partial charge >= 0.3 is 0 Å². The lowest BCUT2D eigenvalue weighted by molar-refractivity contribution is 0.119. The number of aromatic nitrogens is 4. The molecular weight excluding hydrogens is 364 g/mol. The standard InChI is InChI=1S/C22H32N6O/c29-22-15-18-5-1-2-7-20(18)24-28(22)14-13-25-9-11-26(12-10-25)17-21-23-16-19-6-3-4-8-27(19)21/h15-16H,1-14,17H2. The highest BCUT2D eigenvalue weighted by atomic mass is 16.1. The number of aryl methyl sites for hydroxylation is 3. The first-order chi connectivity index (χ1) is 14.3. The molecule has 29 heavy (non-hydrogen) atoms. The Morgan fingerprint density at radius 2 is 1.66 bits per heavy atom. The van der Waals surface area contributed by atoms with Crippen LogP contribution in [0.25, 0.3) is 0 Å². The fraction of sp³-hybridized carbons (Fsp3) is 0.682. The number of hydrogen-bond donors (Lipinski definition) is 0. The first-order valence-corrected chi connectivity index (χ1v) is 11.3. The molecule has 0 N–H and O–H groups in total. The molecule has 0 radical (unpaired) electrons. The predicted molar refractivity (Wildman–Crippen MR) is 112 cm³/mol. The van der Waals surface area contributed by atoms with Gasteiger partial charge in [-0.05, 0) is 50.5 Å². The second-order valence-electron chi connectivity index (χ2n) is 8.78. The van der Waals surface area contributed by atoms with E-state index >= 15 is 0 Å². The predicted octanol–water partition coefficient (Wildman–Crippen LogP) is 1.47. The van der Waals surface area contributed by atoms with Gasteiger partial charge in [-0.15, -0.1) is 0 Å². The highest BCUT2D eigenvalue weighted by Crippen LogP contribution is 2.19. The van der Waals surface area contributed by atoms with Crippen molar-refractivity contribution >= 4 is 0 Å². The van der Waals surface area contributed by atoms with E-state index in [0.29, 0.717) is 6.54 Å². The third kappa shape index (κ3) is 4.16. The quantitative estimate of drug-likeness (QED) is 0.766. The lowest BCUT2D eigenvalue weighted by Gasteiger charge is -2.34. The molecular formula is C22H32N6O. The molecule has 1 saturated heterocycles. The summed E-state index contributed by atoms with van der Waals surface area (Å²) in [7, 11) is 0. The van der Waals surface area contributed by atoms with Crippen LogP contribution in [0.4, 0.5) is 0 Å². The van der Waals surface area contributed by atoms with E-state index in [9.17, 15) is 4.79 Å². The highest BCUT2D eigenvalue weighted by Gasteiger charge is 2.21. The van der Waals surface area contributed by atoms with Crippen LogP contribution in [0.5, 0.6) is 0 Å². The van der Waals surface area contributed by atoms with Crippen LogP contribution in [0.1, 0.15) is 48.5 Å². The second kappa shape index (κ2) is 8.40. The van der Waals surface area contributed by atoms with Crippen molar-refractivity contribution in [3.8, 4) is 0 Å². The fourth-order valence-electron chi connectivity index (χ4n) is 5.00. The Labute approximate surface area is 172 Å². The number of rotatable bonds is 5. The van der Waals surface area contributed by atoms with Crippen molar-refractivity contribution in [1.82, 2.24) is 29.1 Å². The number of imidazole rings is 1. The third-order valence-corrected chi connectivity index (χ3v) is 6.82. The Hall–Kier alpha value is -1.99. The summed E-state index contributed by atoms with van der Waals surface area (Å²) < 4.78 is 4.12. The molecule has 4 heterocycles. The molecule has 5 rings (SSSR count). The number of fused-ring (bicyclic) bond motifs is 2. The molecule has 0 atom stereocenters. The summed E-state index contributed by atoms with van der Waals surface area (Å²) >= 11 is 0. The van der Waals surface area contributed by atoms with Crippen molar-refractivity contribution in [1.29, 1.82) is 0 Å². The average molecular weight is 397 g/mol. The Bertz CT molecular complexity index is 909. The van der Waals surface area contributed by atoms with Crippen molar-refractivity contribution in [3.63, 3.8) is 0 Å². The second-order valence-corrected chi connectivity index (χ2v) is 8.78. The zero-order chi connectivity index (χ0) is 19.6. The summed E-state index contributed by atoms with van der Waals surface area (Å²) in [6.07, 6.45) is 10.2. The molecule has 156 valence electrons. The minimum Gasteiger partial charge on any atom is -0.331 e. The molecule has 1 fully saturated rings. The maximum Gasteiger partial charge on any atom is 0.267 e. The molecule has 0 unspecified atom stereocenters. The van der Waals surface area contributed by atoms with Gasteiger partial charge in [-0.1, -0.05) is 0 Å². The summed E-state index contributed by atoms with van der Waals surface area (Å²) in [6, 6.07) is 1.82. The van der Waals surface area contributed by atoms with Crippen LogP contribution in [0.15, 0.2) is 17.1 Å². The summed E-state index contributed by atoms with van der Waals surface area (Å²) in [6.45, 7) is 7.91. The van der Waals surface area contributed by atoms with Crippen molar-refractivity contribution in [2.45, 2.75) is 64.6 Å². The van der Waals surface area contributed by atoms with Gasteiger partial charge in [-0.3, -0.25) is 14.6 Å². The average Bonchev–Trinajstić information content (AvgIpc) is 3.16. The molecule has 0 bridgehead atoms. The van der Waals surface area contributed by atoms with Gasteiger partial charge in [0.05, 0.1) is 18.8 Å². The molecule has 2 aromatic rings. The van der Waals surface area contributed by atoms with Crippen molar-refractivity contribution in [3.05, 3.63) is 45.4 Å². The molecule has 0 saturated carbocycles. The van der Waals surface area contributed by atoms with Crippen LogP contribution in [-0.2, 0) is 38.9 Å². The SMILES string of the molecule is O=c1cc2c(nn1CCN1CCN(Cc3ncc4n3CCCC4)CC1)CCCC2. The van der Waals surface area contributed by atoms with E-state index in [1.807, 2.05) is 6.07 Å². The van der Waals surface area contributed by atoms with Crippen LogP contribution >= 0.6 is 0 Å². The van der Waals surface area contributed by atoms with E-state index in [1.165, 1.54) is 49.2 Å². The minimum absolute atomic E-state index is 0.0633. The van der Waals surface area contributed by atoms with Gasteiger partial charge in [-0.25, -0.2) is 9.67 Å². The summed E-state index contributed by atoms with van der Waals surface area (Å²) in [5.74, 6) is 1.23. The Kier molecular flexibility index (Phi) is 5.50. The maximum atomic E-state index is 12.4. The summed E-state index contributed by atoms with van der Waals surface area (Å²) in [5, 5.41) is 4.66. The number of piperazine rings is 1. The van der Waals surface area contributed by atoms with Gasteiger partial charge in [0.1, 0.15) is 5.82 Å². The molecule has 3 aliphatic rings. The Morgan fingerprint density at radius 1 is 0.862 bits per heavy atom. The fourth-order valence-corrected chi connectivity index (χ4v) is 5.00. The van der Waals surface area contributed by atoms with Gasteiger partial charge in [0.25, 0.3) is 5.56 Å². The molecule has 2 aromatic heterocycles. The van der Waals surface area contributed by atoms with Crippen molar-refractivity contribution in [2.24, 2.45) is 0 Å². The van der Waals surface area contributed by atoms with E-state index in [0.717, 1.165) is 64.3 Å². The van der Waals surface area contributed by atoms with Gasteiger partial charge in [-0.2, -0.15) is 5.10 Å². The van der Waals surface area contributed by atoms with Crippen LogP contribution in [0, 0.1) is 0 Å². The highest BCUT2D eigenvalue weighted by molar-refractivity contribution is 5.20. The van der Waals surface area contributed by atoms with E-state index in [4.69, 9.17) is 4.98 Å². The molecule has 7 nitrogen and oxygen atoms in total. The van der Waals surface area contributed by atoms with E-state index in [2.05, 4.69) is 25.7 Å². The lowest BCUT2D eigenvalue weighted by atomic mass is 9.97. The minimum atomic E-state index is 0.0633. The van der Waals surface area contributed by atoms with Gasteiger partial charge in [0.15, 0.2) is 0 Å². The number of nitrogens with zero attached hydrogens (tertiary/aromatic N) is 6. The smallest absolute Gasteiger partial charge is 0.267 e. The normalized spacial score (nSPS) is 20.4. The monoisotopic (exact) mass is 396 g/mol. The molecule has 2 aliphatic heterocycles. The van der Waals surface area contributed by atoms with Gasteiger partial charge in [0.2, 0.25) is 0 Å². The topological polar surface area (TPSA) is 59.2 Å². The van der Waals surface area contributed by atoms with E-state index in [1.54, 1.807) is 4.68 Å². The van der Waals surface area contributed by atoms with Crippen LogP contribution in [-0.4, -0.2) is 61.9 Å². The first kappa shape index (κ1) is 19.0. The van der Waals surface area contributed by atoms with Gasteiger partial charge < -0.3 is 4.57 Å². The molecule has 0 aromatic carbocycles. The maximum absolute atomic E-state index is 12.4. The summed E-state index contributed by atoms with van der Waals surface area (Å²) in [4.78, 5) is 22.0. The lowest BCUT2D eigenvalue weighted by Crippen LogP contribution is -2.47. The van der Waals surface area contributed by atoms with E-state index < -0.39 is 0 Å². The zero-order valence-corrected chi connectivity index (χ0v) is 17.4. The molecule has 0 amide bonds. The van der Waals surface area contributed by atoms with Crippen LogP contribution < -0.4 is 5.56 Å². The molecule has 0 spiro atoms. The Balaban J connectivity index is 1.13. The van der Waals surface area contributed by atoms with Gasteiger partial charge in [0, 0.05) is 57.2 Å². The van der Waals surface area contributed by atoms with Crippen LogP contribution in [0.3, 0.4) is 0 Å². The van der Waals surface area contributed by atoms with E-state index in [-0.39, 0.29) is 5.56 Å². The largest absolute Gasteiger partial charge is 0.331 e. The Morgan fingerprint density at radius 3 is 2.55 bits per heavy atom. The first-order valence-electron chi connectivity index (χ1n) is 11.3. The number of hydrogen-bond acceptors (Lipinski definition) is 5. The molecule has 7 heteroatoms. The van der Waals surface area contributed by atoms with Crippen LogP contribution in [0.2, 0.25) is 0 Å². The summed E-state index contributed by atoms with van der Waals surface area (Å²) in [5.41, 5.74) is 3.79. The van der Waals surface area contributed by atoms with Crippen molar-refractivity contribution in [2.75, 3.05) is 32.7 Å². The molecule has 1 aliphatic carbocycles. The zero-order valence-electron chi connectivity index (χ0n) is 17.4. The third-order valence-electron chi connectivity index (χ3n) is 6.82. The van der Waals surface area contributed by atoms with Crippen molar-refractivity contribution < 1.29 is 0 Å².